The molecule has 1 unspecified atom stereocenters. The van der Waals surface area contributed by atoms with Crippen LogP contribution in [0.25, 0.3) is 0 Å². The Hall–Kier alpha value is -0.480. The van der Waals surface area contributed by atoms with Crippen molar-refractivity contribution in [1.82, 2.24) is 5.32 Å². The molecule has 100 valence electrons. The van der Waals surface area contributed by atoms with Crippen LogP contribution in [-0.2, 0) is 6.42 Å². The van der Waals surface area contributed by atoms with Crippen molar-refractivity contribution < 1.29 is 0 Å². The van der Waals surface area contributed by atoms with Gasteiger partial charge in [-0.05, 0) is 48.6 Å². The number of aliphatic imine (C=N–C) groups is 1. The van der Waals surface area contributed by atoms with Crippen molar-refractivity contribution >= 4 is 28.3 Å². The molecule has 0 aromatic carbocycles. The molecular formula is C14H22N2S2. The van der Waals surface area contributed by atoms with Crippen molar-refractivity contribution in [2.45, 2.75) is 51.6 Å². The molecule has 0 spiro atoms. The van der Waals surface area contributed by atoms with E-state index in [1.165, 1.54) is 18.4 Å². The molecule has 2 rings (SSSR count). The summed E-state index contributed by atoms with van der Waals surface area (Å²) in [4.78, 5) is 4.82. The zero-order chi connectivity index (χ0) is 13.0. The van der Waals surface area contributed by atoms with Gasteiger partial charge in [0.15, 0.2) is 5.17 Å². The van der Waals surface area contributed by atoms with Crippen molar-refractivity contribution in [2.75, 3.05) is 5.75 Å². The molecular weight excluding hydrogens is 260 g/mol. The number of nitrogens with one attached hydrogen (secondary N) is 1. The number of thioether (sulfide) groups is 1. The van der Waals surface area contributed by atoms with Gasteiger partial charge in [-0.3, -0.25) is 4.99 Å². The van der Waals surface area contributed by atoms with Crippen molar-refractivity contribution in [3.8, 4) is 0 Å². The molecule has 0 radical (unpaired) electrons. The van der Waals surface area contributed by atoms with Crippen LogP contribution in [0.15, 0.2) is 21.8 Å². The summed E-state index contributed by atoms with van der Waals surface area (Å²) in [5.41, 5.74) is 1.68. The molecule has 1 aliphatic rings. The van der Waals surface area contributed by atoms with Gasteiger partial charge in [0.2, 0.25) is 0 Å². The van der Waals surface area contributed by atoms with Crippen LogP contribution < -0.4 is 5.32 Å². The lowest BCUT2D eigenvalue weighted by Gasteiger charge is -2.25. The number of hydrogen-bond acceptors (Lipinski definition) is 3. The summed E-state index contributed by atoms with van der Waals surface area (Å²) in [6.07, 6.45) is 3.39. The van der Waals surface area contributed by atoms with Crippen LogP contribution in [0, 0.1) is 0 Å². The third-order valence-electron chi connectivity index (χ3n) is 3.66. The standard InChI is InChI=1S/C14H22N2S2/c1-4-14(5-2)10-18-13(16-14)15-11(3)8-12-6-7-17-9-12/h6-7,9,11H,4-5,8,10H2,1-3H3,(H,15,16). The highest BCUT2D eigenvalue weighted by molar-refractivity contribution is 8.14. The van der Waals surface area contributed by atoms with E-state index in [1.54, 1.807) is 11.3 Å². The normalized spacial score (nSPS) is 22.1. The number of rotatable bonds is 5. The fourth-order valence-corrected chi connectivity index (χ4v) is 4.32. The zero-order valence-corrected chi connectivity index (χ0v) is 13.0. The van der Waals surface area contributed by atoms with Crippen LogP contribution in [0.1, 0.15) is 39.2 Å². The summed E-state index contributed by atoms with van der Waals surface area (Å²) in [5.74, 6) is 1.16. The Balaban J connectivity index is 1.94. The zero-order valence-electron chi connectivity index (χ0n) is 11.4. The Kier molecular flexibility index (Phi) is 4.73. The topological polar surface area (TPSA) is 24.4 Å². The third-order valence-corrected chi connectivity index (χ3v) is 5.57. The van der Waals surface area contributed by atoms with E-state index in [9.17, 15) is 0 Å². The van der Waals surface area contributed by atoms with E-state index in [1.807, 2.05) is 11.8 Å². The van der Waals surface area contributed by atoms with Crippen LogP contribution >= 0.6 is 23.1 Å². The maximum Gasteiger partial charge on any atom is 0.157 e. The summed E-state index contributed by atoms with van der Waals surface area (Å²) < 4.78 is 0. The Morgan fingerprint density at radius 3 is 2.78 bits per heavy atom. The summed E-state index contributed by atoms with van der Waals surface area (Å²) in [5, 5.41) is 9.12. The highest BCUT2D eigenvalue weighted by Gasteiger charge is 2.33. The second-order valence-corrected chi connectivity index (χ2v) is 6.76. The summed E-state index contributed by atoms with van der Waals surface area (Å²) >= 11 is 3.64. The van der Waals surface area contributed by atoms with Gasteiger partial charge in [0.25, 0.3) is 0 Å². The number of hydrogen-bond donors (Lipinski definition) is 1. The van der Waals surface area contributed by atoms with Gasteiger partial charge in [0, 0.05) is 11.3 Å². The molecule has 1 aromatic rings. The van der Waals surface area contributed by atoms with E-state index in [0.717, 1.165) is 17.3 Å². The van der Waals surface area contributed by atoms with E-state index in [4.69, 9.17) is 4.99 Å². The quantitative estimate of drug-likeness (QED) is 0.885. The maximum absolute atomic E-state index is 4.82. The smallest absolute Gasteiger partial charge is 0.157 e. The van der Waals surface area contributed by atoms with Gasteiger partial charge in [0.05, 0.1) is 6.04 Å². The molecule has 0 aliphatic carbocycles. The molecule has 1 aliphatic heterocycles. The van der Waals surface area contributed by atoms with E-state index in [0.29, 0.717) is 6.04 Å². The highest BCUT2D eigenvalue weighted by atomic mass is 32.2. The first-order valence-electron chi connectivity index (χ1n) is 6.67. The maximum atomic E-state index is 4.82. The molecule has 1 fully saturated rings. The van der Waals surface area contributed by atoms with Gasteiger partial charge in [-0.2, -0.15) is 11.3 Å². The number of nitrogens with zero attached hydrogens (tertiary/aromatic N) is 1. The van der Waals surface area contributed by atoms with Crippen LogP contribution in [0.5, 0.6) is 0 Å². The molecule has 2 nitrogen and oxygen atoms in total. The average Bonchev–Trinajstić information content (AvgIpc) is 2.99. The number of thiophene rings is 1. The first-order valence-corrected chi connectivity index (χ1v) is 8.60. The minimum absolute atomic E-state index is 0.283. The van der Waals surface area contributed by atoms with Gasteiger partial charge in [-0.15, -0.1) is 0 Å². The molecule has 2 heterocycles. The van der Waals surface area contributed by atoms with Crippen molar-refractivity contribution in [1.29, 1.82) is 0 Å². The average molecular weight is 282 g/mol. The lowest BCUT2D eigenvalue weighted by molar-refractivity contribution is 0.407. The molecule has 0 bridgehead atoms. The van der Waals surface area contributed by atoms with Gasteiger partial charge < -0.3 is 5.32 Å². The molecule has 1 N–H and O–H groups in total. The van der Waals surface area contributed by atoms with Gasteiger partial charge in [-0.1, -0.05) is 25.6 Å². The lowest BCUT2D eigenvalue weighted by Crippen LogP contribution is -2.42. The van der Waals surface area contributed by atoms with Crippen LogP contribution in [0.3, 0.4) is 0 Å². The minimum atomic E-state index is 0.283. The SMILES string of the molecule is CCC1(CC)CSC(=NC(C)Cc2ccsc2)N1. The molecule has 4 heteroatoms. The van der Waals surface area contributed by atoms with Crippen LogP contribution in [0.4, 0.5) is 0 Å². The van der Waals surface area contributed by atoms with E-state index < -0.39 is 0 Å². The summed E-state index contributed by atoms with van der Waals surface area (Å²) in [6, 6.07) is 2.55. The Morgan fingerprint density at radius 2 is 2.22 bits per heavy atom. The first-order chi connectivity index (χ1) is 8.67. The first kappa shape index (κ1) is 13.9. The summed E-state index contributed by atoms with van der Waals surface area (Å²) in [6.45, 7) is 6.72. The fourth-order valence-electron chi connectivity index (χ4n) is 2.20. The van der Waals surface area contributed by atoms with Crippen LogP contribution in [0.2, 0.25) is 0 Å². The van der Waals surface area contributed by atoms with Gasteiger partial charge in [0.1, 0.15) is 0 Å². The molecule has 0 amide bonds. The monoisotopic (exact) mass is 282 g/mol. The Bertz CT molecular complexity index is 394. The third kappa shape index (κ3) is 3.29. The predicted octanol–water partition coefficient (Wildman–Crippen LogP) is 3.93. The predicted molar refractivity (Wildman–Crippen MR) is 83.8 cm³/mol. The van der Waals surface area contributed by atoms with E-state index in [2.05, 4.69) is 42.9 Å². The fraction of sp³-hybridized carbons (Fsp3) is 0.643. The second kappa shape index (κ2) is 6.11. The van der Waals surface area contributed by atoms with Gasteiger partial charge in [-0.25, -0.2) is 0 Å². The number of amidine groups is 1. The van der Waals surface area contributed by atoms with Crippen molar-refractivity contribution in [3.05, 3.63) is 22.4 Å². The molecule has 1 saturated heterocycles. The molecule has 0 saturated carbocycles. The lowest BCUT2D eigenvalue weighted by atomic mass is 9.96. The van der Waals surface area contributed by atoms with Crippen LogP contribution in [-0.4, -0.2) is 22.5 Å². The molecule has 1 atom stereocenters. The van der Waals surface area contributed by atoms with Crippen molar-refractivity contribution in [3.63, 3.8) is 0 Å². The molecule has 18 heavy (non-hydrogen) atoms. The Labute approximate surface area is 118 Å². The summed E-state index contributed by atoms with van der Waals surface area (Å²) in [7, 11) is 0. The minimum Gasteiger partial charge on any atom is -0.359 e. The Morgan fingerprint density at radius 1 is 1.44 bits per heavy atom. The molecule has 1 aromatic heterocycles. The largest absolute Gasteiger partial charge is 0.359 e. The van der Waals surface area contributed by atoms with E-state index in [-0.39, 0.29) is 5.54 Å². The highest BCUT2D eigenvalue weighted by Crippen LogP contribution is 2.29. The van der Waals surface area contributed by atoms with E-state index >= 15 is 0 Å². The van der Waals surface area contributed by atoms with Crippen molar-refractivity contribution in [2.24, 2.45) is 4.99 Å². The second-order valence-electron chi connectivity index (χ2n) is 5.02. The van der Waals surface area contributed by atoms with Gasteiger partial charge >= 0.3 is 0 Å².